The highest BCUT2D eigenvalue weighted by atomic mass is 32.2. The van der Waals surface area contributed by atoms with E-state index < -0.39 is 16.2 Å². The van der Waals surface area contributed by atoms with E-state index in [4.69, 9.17) is 4.74 Å². The maximum Gasteiger partial charge on any atom is 0.321 e. The standard InChI is InChI=1S/C11H24N2O4S/c1-6-17-11(14)8-13(10(4)5)18(15,16)12-7-9(2)3/h9-10,12H,6-8H2,1-5H3. The van der Waals surface area contributed by atoms with Crippen LogP contribution in [0.2, 0.25) is 0 Å². The molecule has 0 aliphatic rings. The van der Waals surface area contributed by atoms with E-state index in [2.05, 4.69) is 4.72 Å². The minimum absolute atomic E-state index is 0.205. The van der Waals surface area contributed by atoms with Gasteiger partial charge in [0.1, 0.15) is 6.54 Å². The number of ether oxygens (including phenoxy) is 1. The van der Waals surface area contributed by atoms with E-state index in [9.17, 15) is 13.2 Å². The summed E-state index contributed by atoms with van der Waals surface area (Å²) in [5.41, 5.74) is 0. The first kappa shape index (κ1) is 17.3. The van der Waals surface area contributed by atoms with E-state index >= 15 is 0 Å². The predicted octanol–water partition coefficient (Wildman–Crippen LogP) is 0.750. The Balaban J connectivity index is 4.72. The highest BCUT2D eigenvalue weighted by Gasteiger charge is 2.27. The molecule has 6 nitrogen and oxygen atoms in total. The molecule has 1 N–H and O–H groups in total. The molecule has 7 heteroatoms. The van der Waals surface area contributed by atoms with Crippen molar-refractivity contribution in [3.63, 3.8) is 0 Å². The van der Waals surface area contributed by atoms with Crippen molar-refractivity contribution in [3.8, 4) is 0 Å². The fraction of sp³-hybridized carbons (Fsp3) is 0.909. The van der Waals surface area contributed by atoms with Gasteiger partial charge in [-0.2, -0.15) is 12.7 Å². The first-order valence-corrected chi connectivity index (χ1v) is 7.56. The fourth-order valence-corrected chi connectivity index (χ4v) is 2.77. The lowest BCUT2D eigenvalue weighted by Crippen LogP contribution is -2.48. The Morgan fingerprint density at radius 2 is 1.83 bits per heavy atom. The Morgan fingerprint density at radius 1 is 1.28 bits per heavy atom. The lowest BCUT2D eigenvalue weighted by Gasteiger charge is -2.25. The summed E-state index contributed by atoms with van der Waals surface area (Å²) >= 11 is 0. The van der Waals surface area contributed by atoms with Gasteiger partial charge in [-0.3, -0.25) is 4.79 Å². The molecule has 0 fully saturated rings. The topological polar surface area (TPSA) is 75.7 Å². The summed E-state index contributed by atoms with van der Waals surface area (Å²) in [5.74, 6) is -0.336. The third-order valence-electron chi connectivity index (χ3n) is 2.15. The van der Waals surface area contributed by atoms with Crippen LogP contribution in [0, 0.1) is 5.92 Å². The molecule has 0 rings (SSSR count). The van der Waals surface area contributed by atoms with Gasteiger partial charge >= 0.3 is 5.97 Å². The average molecular weight is 280 g/mol. The van der Waals surface area contributed by atoms with Gasteiger partial charge < -0.3 is 4.74 Å². The van der Waals surface area contributed by atoms with E-state index in [-0.39, 0.29) is 25.1 Å². The highest BCUT2D eigenvalue weighted by Crippen LogP contribution is 2.06. The van der Waals surface area contributed by atoms with E-state index in [0.717, 1.165) is 4.31 Å². The van der Waals surface area contributed by atoms with Gasteiger partial charge in [0.2, 0.25) is 0 Å². The molecule has 0 atom stereocenters. The Hall–Kier alpha value is -0.660. The number of hydrogen-bond acceptors (Lipinski definition) is 4. The molecule has 0 aromatic carbocycles. The largest absolute Gasteiger partial charge is 0.465 e. The zero-order chi connectivity index (χ0) is 14.3. The van der Waals surface area contributed by atoms with E-state index in [1.54, 1.807) is 20.8 Å². The number of nitrogens with zero attached hydrogens (tertiary/aromatic N) is 1. The zero-order valence-corrected chi connectivity index (χ0v) is 12.6. The highest BCUT2D eigenvalue weighted by molar-refractivity contribution is 7.87. The lowest BCUT2D eigenvalue weighted by atomic mass is 10.2. The fourth-order valence-electron chi connectivity index (χ4n) is 1.23. The number of rotatable bonds is 8. The molecule has 0 unspecified atom stereocenters. The number of carbonyl (C=O) groups excluding carboxylic acids is 1. The summed E-state index contributed by atoms with van der Waals surface area (Å²) in [5, 5.41) is 0. The number of carbonyl (C=O) groups is 1. The van der Waals surface area contributed by atoms with E-state index in [1.807, 2.05) is 13.8 Å². The molecule has 0 aliphatic heterocycles. The van der Waals surface area contributed by atoms with Gasteiger partial charge in [0, 0.05) is 12.6 Å². The molecule has 0 spiro atoms. The summed E-state index contributed by atoms with van der Waals surface area (Å²) in [6, 6.07) is -0.306. The molecule has 0 saturated heterocycles. The number of hydrogen-bond donors (Lipinski definition) is 1. The van der Waals surface area contributed by atoms with Crippen molar-refractivity contribution in [1.82, 2.24) is 9.03 Å². The maximum atomic E-state index is 12.0. The Morgan fingerprint density at radius 3 is 2.22 bits per heavy atom. The predicted molar refractivity (Wildman–Crippen MR) is 70.2 cm³/mol. The lowest BCUT2D eigenvalue weighted by molar-refractivity contribution is -0.143. The summed E-state index contributed by atoms with van der Waals surface area (Å²) in [7, 11) is -3.65. The second kappa shape index (κ2) is 7.70. The summed E-state index contributed by atoms with van der Waals surface area (Å²) in [6.07, 6.45) is 0. The molecule has 0 heterocycles. The van der Waals surface area contributed by atoms with Crippen molar-refractivity contribution < 1.29 is 17.9 Å². The molecule has 108 valence electrons. The smallest absolute Gasteiger partial charge is 0.321 e. The molecule has 0 saturated carbocycles. The third-order valence-corrected chi connectivity index (χ3v) is 3.85. The van der Waals surface area contributed by atoms with Crippen LogP contribution >= 0.6 is 0 Å². The Bertz CT molecular complexity index is 352. The van der Waals surface area contributed by atoms with Gasteiger partial charge in [0.15, 0.2) is 0 Å². The summed E-state index contributed by atoms with van der Waals surface area (Å²) in [4.78, 5) is 11.4. The monoisotopic (exact) mass is 280 g/mol. The van der Waals surface area contributed by atoms with Crippen LogP contribution in [0.15, 0.2) is 0 Å². The van der Waals surface area contributed by atoms with Crippen LogP contribution in [0.5, 0.6) is 0 Å². The van der Waals surface area contributed by atoms with Crippen molar-refractivity contribution in [1.29, 1.82) is 0 Å². The molecule has 0 aliphatic carbocycles. The average Bonchev–Trinajstić information content (AvgIpc) is 2.23. The Labute approximate surface area is 110 Å². The van der Waals surface area contributed by atoms with Crippen molar-refractivity contribution in [2.45, 2.75) is 40.7 Å². The second-order valence-electron chi connectivity index (χ2n) is 4.69. The maximum absolute atomic E-state index is 12.0. The molecular weight excluding hydrogens is 256 g/mol. The summed E-state index contributed by atoms with van der Waals surface area (Å²) < 4.78 is 32.4. The molecular formula is C11H24N2O4S. The molecule has 0 aromatic rings. The molecule has 0 aromatic heterocycles. The van der Waals surface area contributed by atoms with Crippen molar-refractivity contribution in [3.05, 3.63) is 0 Å². The van der Waals surface area contributed by atoms with Crippen LogP contribution in [0.4, 0.5) is 0 Å². The first-order valence-electron chi connectivity index (χ1n) is 6.12. The van der Waals surface area contributed by atoms with Crippen LogP contribution in [-0.4, -0.2) is 44.4 Å². The van der Waals surface area contributed by atoms with Crippen LogP contribution in [0.25, 0.3) is 0 Å². The normalized spacial score (nSPS) is 12.4. The van der Waals surface area contributed by atoms with Gasteiger partial charge in [-0.05, 0) is 26.7 Å². The molecule has 0 amide bonds. The first-order chi connectivity index (χ1) is 8.20. The van der Waals surface area contributed by atoms with Crippen LogP contribution in [0.1, 0.15) is 34.6 Å². The Kier molecular flexibility index (Phi) is 7.42. The van der Waals surface area contributed by atoms with Gasteiger partial charge in [0.05, 0.1) is 6.61 Å². The van der Waals surface area contributed by atoms with Crippen LogP contribution < -0.4 is 4.72 Å². The van der Waals surface area contributed by atoms with Crippen molar-refractivity contribution in [2.75, 3.05) is 19.7 Å². The van der Waals surface area contributed by atoms with Gasteiger partial charge in [-0.15, -0.1) is 0 Å². The third kappa shape index (κ3) is 6.32. The molecule has 0 radical (unpaired) electrons. The van der Waals surface area contributed by atoms with E-state index in [0.29, 0.717) is 6.54 Å². The van der Waals surface area contributed by atoms with Crippen molar-refractivity contribution >= 4 is 16.2 Å². The van der Waals surface area contributed by atoms with Crippen molar-refractivity contribution in [2.24, 2.45) is 5.92 Å². The molecule has 18 heavy (non-hydrogen) atoms. The van der Waals surface area contributed by atoms with Gasteiger partial charge in [-0.25, -0.2) is 4.72 Å². The summed E-state index contributed by atoms with van der Waals surface area (Å²) in [6.45, 7) is 9.25. The number of esters is 1. The molecule has 0 bridgehead atoms. The van der Waals surface area contributed by atoms with Crippen LogP contribution in [0.3, 0.4) is 0 Å². The minimum atomic E-state index is -3.65. The second-order valence-corrected chi connectivity index (χ2v) is 6.40. The quantitative estimate of drug-likeness (QED) is 0.666. The van der Waals surface area contributed by atoms with Gasteiger partial charge in [0.25, 0.3) is 10.2 Å². The zero-order valence-electron chi connectivity index (χ0n) is 11.8. The van der Waals surface area contributed by atoms with Gasteiger partial charge in [-0.1, -0.05) is 13.8 Å². The van der Waals surface area contributed by atoms with E-state index in [1.165, 1.54) is 0 Å². The minimum Gasteiger partial charge on any atom is -0.465 e. The van der Waals surface area contributed by atoms with Crippen LogP contribution in [-0.2, 0) is 19.7 Å². The number of nitrogens with one attached hydrogen (secondary N) is 1. The SMILES string of the molecule is CCOC(=O)CN(C(C)C)S(=O)(=O)NCC(C)C.